The molecule has 0 saturated heterocycles. The Balaban J connectivity index is 1.91. The highest BCUT2D eigenvalue weighted by molar-refractivity contribution is 7.11. The lowest BCUT2D eigenvalue weighted by atomic mass is 10.1. The molecule has 6 nitrogen and oxygen atoms in total. The van der Waals surface area contributed by atoms with Crippen LogP contribution in [0.1, 0.15) is 40.8 Å². The van der Waals surface area contributed by atoms with Crippen LogP contribution in [-0.4, -0.2) is 36.5 Å². The molecule has 1 heterocycles. The van der Waals surface area contributed by atoms with E-state index in [1.165, 1.54) is 11.3 Å². The molecule has 1 amide bonds. The van der Waals surface area contributed by atoms with Gasteiger partial charge in [-0.3, -0.25) is 9.79 Å². The molecule has 27 heavy (non-hydrogen) atoms. The molecule has 1 atom stereocenters. The van der Waals surface area contributed by atoms with E-state index < -0.39 is 0 Å². The van der Waals surface area contributed by atoms with Crippen molar-refractivity contribution >= 4 is 46.4 Å². The van der Waals surface area contributed by atoms with E-state index >= 15 is 0 Å². The van der Waals surface area contributed by atoms with Crippen LogP contribution < -0.4 is 16.0 Å². The van der Waals surface area contributed by atoms with Gasteiger partial charge in [-0.15, -0.1) is 11.3 Å². The topological polar surface area (TPSA) is 78.4 Å². The molecular formula is C18H23Cl2N5OS. The second-order valence-corrected chi connectivity index (χ2v) is 7.51. The maximum absolute atomic E-state index is 12.1. The van der Waals surface area contributed by atoms with Gasteiger partial charge < -0.3 is 16.0 Å². The number of aromatic nitrogens is 1. The molecule has 0 aliphatic rings. The second-order valence-electron chi connectivity index (χ2n) is 5.82. The summed E-state index contributed by atoms with van der Waals surface area (Å²) in [6.45, 7) is 7.41. The van der Waals surface area contributed by atoms with Crippen molar-refractivity contribution in [2.45, 2.75) is 26.8 Å². The van der Waals surface area contributed by atoms with E-state index in [0.29, 0.717) is 34.0 Å². The summed E-state index contributed by atoms with van der Waals surface area (Å²) in [6.07, 6.45) is 0. The van der Waals surface area contributed by atoms with Gasteiger partial charge in [-0.25, -0.2) is 4.98 Å². The molecule has 3 N–H and O–H groups in total. The minimum atomic E-state index is -0.121. The van der Waals surface area contributed by atoms with Crippen molar-refractivity contribution in [1.82, 2.24) is 20.9 Å². The zero-order chi connectivity index (χ0) is 19.8. The van der Waals surface area contributed by atoms with Gasteiger partial charge in [0.25, 0.3) is 5.91 Å². The number of aliphatic imine (C=N–C) groups is 1. The maximum atomic E-state index is 12.1. The average Bonchev–Trinajstić information content (AvgIpc) is 3.04. The first-order chi connectivity index (χ1) is 12.9. The number of carbonyl (C=O) groups is 1. The number of thiazole rings is 1. The van der Waals surface area contributed by atoms with E-state index in [-0.39, 0.29) is 11.9 Å². The average molecular weight is 428 g/mol. The zero-order valence-corrected chi connectivity index (χ0v) is 17.8. The number of guanidine groups is 1. The number of carbonyl (C=O) groups excluding carboxylic acids is 1. The fraction of sp³-hybridized carbons (Fsp3) is 0.389. The third-order valence-electron chi connectivity index (χ3n) is 3.75. The fourth-order valence-electron chi connectivity index (χ4n) is 2.39. The van der Waals surface area contributed by atoms with Gasteiger partial charge in [0.1, 0.15) is 4.88 Å². The van der Waals surface area contributed by atoms with Crippen LogP contribution in [0.4, 0.5) is 0 Å². The molecule has 146 valence electrons. The van der Waals surface area contributed by atoms with Gasteiger partial charge in [0.2, 0.25) is 0 Å². The van der Waals surface area contributed by atoms with Crippen molar-refractivity contribution in [3.05, 3.63) is 49.9 Å². The van der Waals surface area contributed by atoms with Crippen molar-refractivity contribution < 1.29 is 4.79 Å². The number of hydrogen-bond donors (Lipinski definition) is 3. The molecule has 0 fully saturated rings. The Bertz CT molecular complexity index is 809. The smallest absolute Gasteiger partial charge is 0.263 e. The molecule has 0 aliphatic carbocycles. The molecular weight excluding hydrogens is 405 g/mol. The minimum Gasteiger partial charge on any atom is -0.357 e. The Morgan fingerprint density at radius 1 is 1.33 bits per heavy atom. The lowest BCUT2D eigenvalue weighted by Crippen LogP contribution is -2.39. The Kier molecular flexibility index (Phi) is 8.34. The number of aryl methyl sites for hydroxylation is 1. The SMILES string of the molecule is CCNC(=NCCNC(=O)c1scnc1C)NC(C)c1ccc(Cl)cc1Cl. The maximum Gasteiger partial charge on any atom is 0.263 e. The number of benzene rings is 1. The van der Waals surface area contributed by atoms with Crippen molar-refractivity contribution in [3.63, 3.8) is 0 Å². The van der Waals surface area contributed by atoms with Gasteiger partial charge in [0, 0.05) is 23.1 Å². The van der Waals surface area contributed by atoms with Crippen LogP contribution in [-0.2, 0) is 0 Å². The standard InChI is InChI=1S/C18H23Cl2N5OS/c1-4-21-18(25-11(2)14-6-5-13(19)9-15(14)20)23-8-7-22-17(26)16-12(3)24-10-27-16/h5-6,9-11H,4,7-8H2,1-3H3,(H,22,26)(H2,21,23,25). The summed E-state index contributed by atoms with van der Waals surface area (Å²) >= 11 is 13.6. The van der Waals surface area contributed by atoms with E-state index in [1.807, 2.05) is 32.9 Å². The highest BCUT2D eigenvalue weighted by atomic mass is 35.5. The Morgan fingerprint density at radius 3 is 2.74 bits per heavy atom. The first-order valence-electron chi connectivity index (χ1n) is 8.60. The second kappa shape index (κ2) is 10.5. The summed E-state index contributed by atoms with van der Waals surface area (Å²) < 4.78 is 0. The highest BCUT2D eigenvalue weighted by Gasteiger charge is 2.12. The molecule has 1 unspecified atom stereocenters. The normalized spacial score (nSPS) is 12.6. The van der Waals surface area contributed by atoms with Crippen LogP contribution in [0.25, 0.3) is 0 Å². The predicted molar refractivity (Wildman–Crippen MR) is 113 cm³/mol. The Labute approximate surface area is 173 Å². The first kappa shape index (κ1) is 21.5. The van der Waals surface area contributed by atoms with E-state index in [9.17, 15) is 4.79 Å². The molecule has 0 radical (unpaired) electrons. The van der Waals surface area contributed by atoms with E-state index in [1.54, 1.807) is 11.6 Å². The van der Waals surface area contributed by atoms with Crippen LogP contribution in [0, 0.1) is 6.92 Å². The van der Waals surface area contributed by atoms with Crippen molar-refractivity contribution in [2.75, 3.05) is 19.6 Å². The van der Waals surface area contributed by atoms with Gasteiger partial charge >= 0.3 is 0 Å². The molecule has 2 rings (SSSR count). The third-order valence-corrected chi connectivity index (χ3v) is 5.24. The Morgan fingerprint density at radius 2 is 2.11 bits per heavy atom. The summed E-state index contributed by atoms with van der Waals surface area (Å²) in [6, 6.07) is 5.37. The summed E-state index contributed by atoms with van der Waals surface area (Å²) in [5.41, 5.74) is 3.34. The first-order valence-corrected chi connectivity index (χ1v) is 10.2. The zero-order valence-electron chi connectivity index (χ0n) is 15.5. The predicted octanol–water partition coefficient (Wildman–Crippen LogP) is 3.80. The largest absolute Gasteiger partial charge is 0.357 e. The summed E-state index contributed by atoms with van der Waals surface area (Å²) in [4.78, 5) is 21.3. The van der Waals surface area contributed by atoms with Gasteiger partial charge in [0.05, 0.1) is 23.8 Å². The van der Waals surface area contributed by atoms with Crippen LogP contribution >= 0.6 is 34.5 Å². The number of nitrogens with one attached hydrogen (secondary N) is 3. The van der Waals surface area contributed by atoms with E-state index in [2.05, 4.69) is 25.9 Å². The number of rotatable bonds is 7. The number of amides is 1. The molecule has 0 bridgehead atoms. The Hall–Kier alpha value is -1.83. The van der Waals surface area contributed by atoms with Crippen molar-refractivity contribution in [3.8, 4) is 0 Å². The molecule has 9 heteroatoms. The molecule has 0 spiro atoms. The number of nitrogens with zero attached hydrogens (tertiary/aromatic N) is 2. The van der Waals surface area contributed by atoms with Crippen LogP contribution in [0.2, 0.25) is 10.0 Å². The molecule has 1 aromatic heterocycles. The summed E-state index contributed by atoms with van der Waals surface area (Å²) in [5.74, 6) is 0.531. The quantitative estimate of drug-likeness (QED) is 0.356. The van der Waals surface area contributed by atoms with Crippen molar-refractivity contribution in [1.29, 1.82) is 0 Å². The molecule has 2 aromatic rings. The van der Waals surface area contributed by atoms with Gasteiger partial charge in [-0.2, -0.15) is 0 Å². The number of hydrogen-bond acceptors (Lipinski definition) is 4. The molecule has 0 aliphatic heterocycles. The molecule has 0 saturated carbocycles. The fourth-order valence-corrected chi connectivity index (χ4v) is 3.68. The van der Waals surface area contributed by atoms with Crippen LogP contribution in [0.5, 0.6) is 0 Å². The van der Waals surface area contributed by atoms with Gasteiger partial charge in [-0.1, -0.05) is 29.3 Å². The number of halogens is 2. The monoisotopic (exact) mass is 427 g/mol. The van der Waals surface area contributed by atoms with E-state index in [0.717, 1.165) is 17.8 Å². The summed E-state index contributed by atoms with van der Waals surface area (Å²) in [5, 5.41) is 10.6. The van der Waals surface area contributed by atoms with E-state index in [4.69, 9.17) is 23.2 Å². The summed E-state index contributed by atoms with van der Waals surface area (Å²) in [7, 11) is 0. The van der Waals surface area contributed by atoms with Crippen LogP contribution in [0.3, 0.4) is 0 Å². The lowest BCUT2D eigenvalue weighted by molar-refractivity contribution is 0.0958. The third kappa shape index (κ3) is 6.37. The highest BCUT2D eigenvalue weighted by Crippen LogP contribution is 2.25. The van der Waals surface area contributed by atoms with Crippen LogP contribution in [0.15, 0.2) is 28.7 Å². The lowest BCUT2D eigenvalue weighted by Gasteiger charge is -2.19. The van der Waals surface area contributed by atoms with Crippen molar-refractivity contribution in [2.24, 2.45) is 4.99 Å². The van der Waals surface area contributed by atoms with Gasteiger partial charge in [0.15, 0.2) is 5.96 Å². The van der Waals surface area contributed by atoms with Gasteiger partial charge in [-0.05, 0) is 38.5 Å². The minimum absolute atomic E-state index is 0.0537. The molecule has 1 aromatic carbocycles.